The highest BCUT2D eigenvalue weighted by Crippen LogP contribution is 2.30. The van der Waals surface area contributed by atoms with Crippen molar-refractivity contribution in [1.29, 1.82) is 0 Å². The van der Waals surface area contributed by atoms with E-state index in [0.29, 0.717) is 12.6 Å². The van der Waals surface area contributed by atoms with E-state index in [-0.39, 0.29) is 0 Å². The number of piperidine rings is 1. The van der Waals surface area contributed by atoms with Crippen molar-refractivity contribution in [2.75, 3.05) is 11.4 Å². The lowest BCUT2D eigenvalue weighted by Gasteiger charge is -2.36. The minimum Gasteiger partial charge on any atom is -0.487 e. The largest absolute Gasteiger partial charge is 0.487 e. The summed E-state index contributed by atoms with van der Waals surface area (Å²) in [6.45, 7) is 6.07. The number of pyridine rings is 1. The van der Waals surface area contributed by atoms with Crippen LogP contribution in [0.4, 0.5) is 5.82 Å². The molecule has 1 aliphatic rings. The summed E-state index contributed by atoms with van der Waals surface area (Å²) in [5.41, 5.74) is 3.43. The third-order valence-corrected chi connectivity index (χ3v) is 5.71. The number of hydrogen-bond donors (Lipinski definition) is 0. The van der Waals surface area contributed by atoms with Crippen LogP contribution < -0.4 is 9.64 Å². The van der Waals surface area contributed by atoms with Gasteiger partial charge in [0.15, 0.2) is 0 Å². The molecule has 0 bridgehead atoms. The molecule has 27 heavy (non-hydrogen) atoms. The first-order chi connectivity index (χ1) is 13.3. The zero-order valence-electron chi connectivity index (χ0n) is 16.3. The van der Waals surface area contributed by atoms with E-state index in [0.717, 1.165) is 29.0 Å². The third-order valence-electron chi connectivity index (χ3n) is 5.71. The predicted molar refractivity (Wildman–Crippen MR) is 113 cm³/mol. The molecule has 1 unspecified atom stereocenters. The molecular weight excluding hydrogens is 332 g/mol. The Kier molecular flexibility index (Phi) is 5.28. The average Bonchev–Trinajstić information content (AvgIpc) is 2.72. The van der Waals surface area contributed by atoms with Crippen molar-refractivity contribution in [3.05, 3.63) is 65.7 Å². The lowest BCUT2D eigenvalue weighted by molar-refractivity contribution is 0.308. The highest BCUT2D eigenvalue weighted by atomic mass is 16.5. The number of hydrogen-bond acceptors (Lipinski definition) is 3. The van der Waals surface area contributed by atoms with E-state index < -0.39 is 0 Å². The third kappa shape index (κ3) is 3.78. The molecule has 3 nitrogen and oxygen atoms in total. The lowest BCUT2D eigenvalue weighted by Crippen LogP contribution is -2.39. The average molecular weight is 361 g/mol. The molecular formula is C24H28N2O. The van der Waals surface area contributed by atoms with Crippen LogP contribution in [0.25, 0.3) is 10.9 Å². The van der Waals surface area contributed by atoms with Crippen LogP contribution in [0.5, 0.6) is 5.75 Å². The van der Waals surface area contributed by atoms with Gasteiger partial charge < -0.3 is 9.64 Å². The first kappa shape index (κ1) is 17.8. The number of anilines is 1. The number of fused-ring (bicyclic) bond motifs is 1. The monoisotopic (exact) mass is 360 g/mol. The fraction of sp³-hybridized carbons (Fsp3) is 0.375. The van der Waals surface area contributed by atoms with E-state index in [1.54, 1.807) is 0 Å². The van der Waals surface area contributed by atoms with Gasteiger partial charge in [0.1, 0.15) is 23.7 Å². The highest BCUT2D eigenvalue weighted by molar-refractivity contribution is 5.86. The molecule has 1 saturated heterocycles. The van der Waals surface area contributed by atoms with Crippen LogP contribution in [-0.4, -0.2) is 17.6 Å². The summed E-state index contributed by atoms with van der Waals surface area (Å²) in [5.74, 6) is 1.95. The van der Waals surface area contributed by atoms with Crippen molar-refractivity contribution in [3.8, 4) is 5.75 Å². The molecule has 0 radical (unpaired) electrons. The fourth-order valence-corrected chi connectivity index (χ4v) is 4.04. The van der Waals surface area contributed by atoms with Crippen molar-refractivity contribution in [1.82, 2.24) is 4.98 Å². The first-order valence-corrected chi connectivity index (χ1v) is 10.1. The Hall–Kier alpha value is -2.55. The molecule has 2 heterocycles. The minimum absolute atomic E-state index is 0.568. The summed E-state index contributed by atoms with van der Waals surface area (Å²) in [7, 11) is 0. The van der Waals surface area contributed by atoms with Gasteiger partial charge in [0.2, 0.25) is 0 Å². The van der Waals surface area contributed by atoms with Crippen LogP contribution in [-0.2, 0) is 6.61 Å². The number of rotatable bonds is 5. The van der Waals surface area contributed by atoms with Crippen LogP contribution in [0.3, 0.4) is 0 Å². The van der Waals surface area contributed by atoms with Crippen molar-refractivity contribution in [3.63, 3.8) is 0 Å². The summed E-state index contributed by atoms with van der Waals surface area (Å²) in [4.78, 5) is 7.52. The number of benzene rings is 2. The van der Waals surface area contributed by atoms with Gasteiger partial charge in [-0.3, -0.25) is 0 Å². The lowest BCUT2D eigenvalue weighted by atomic mass is 10.00. The molecule has 0 aliphatic carbocycles. The molecule has 140 valence electrons. The second-order valence-electron chi connectivity index (χ2n) is 7.46. The van der Waals surface area contributed by atoms with Gasteiger partial charge in [-0.25, -0.2) is 4.98 Å². The van der Waals surface area contributed by atoms with Crippen molar-refractivity contribution in [2.45, 2.75) is 52.2 Å². The zero-order valence-corrected chi connectivity index (χ0v) is 16.3. The standard InChI is InChI=1S/C24H28N2O/c1-3-21-12-6-7-16-26(21)23-15-14-19-11-8-13-22(24(19)25-23)27-17-20-10-5-4-9-18(20)2/h4-5,8-11,13-15,21H,3,6-7,12,16-17H2,1-2H3. The molecule has 0 amide bonds. The summed E-state index contributed by atoms with van der Waals surface area (Å²) >= 11 is 0. The Balaban J connectivity index is 1.64. The number of ether oxygens (including phenoxy) is 1. The van der Waals surface area contributed by atoms with Gasteiger partial charge in [0.25, 0.3) is 0 Å². The normalized spacial score (nSPS) is 17.3. The molecule has 1 fully saturated rings. The molecule has 2 aromatic carbocycles. The summed E-state index contributed by atoms with van der Waals surface area (Å²) < 4.78 is 6.20. The number of aromatic nitrogens is 1. The summed E-state index contributed by atoms with van der Waals surface area (Å²) in [5, 5.41) is 1.13. The number of para-hydroxylation sites is 1. The van der Waals surface area contributed by atoms with E-state index in [1.807, 2.05) is 12.1 Å². The van der Waals surface area contributed by atoms with Gasteiger partial charge in [0.05, 0.1) is 0 Å². The van der Waals surface area contributed by atoms with Gasteiger partial charge in [0, 0.05) is 18.0 Å². The van der Waals surface area contributed by atoms with Crippen LogP contribution in [0.1, 0.15) is 43.7 Å². The first-order valence-electron chi connectivity index (χ1n) is 10.1. The Morgan fingerprint density at radius 3 is 2.78 bits per heavy atom. The van der Waals surface area contributed by atoms with Crippen LogP contribution >= 0.6 is 0 Å². The zero-order chi connectivity index (χ0) is 18.6. The van der Waals surface area contributed by atoms with Gasteiger partial charge in [-0.15, -0.1) is 0 Å². The second-order valence-corrected chi connectivity index (χ2v) is 7.46. The number of nitrogens with zero attached hydrogens (tertiary/aromatic N) is 2. The maximum absolute atomic E-state index is 6.20. The van der Waals surface area contributed by atoms with E-state index in [4.69, 9.17) is 9.72 Å². The van der Waals surface area contributed by atoms with Crippen LogP contribution in [0.15, 0.2) is 54.6 Å². The van der Waals surface area contributed by atoms with E-state index in [1.165, 1.54) is 36.8 Å². The quantitative estimate of drug-likeness (QED) is 0.567. The maximum Gasteiger partial charge on any atom is 0.146 e. The Labute approximate surface area is 162 Å². The fourth-order valence-electron chi connectivity index (χ4n) is 4.04. The van der Waals surface area contributed by atoms with Crippen molar-refractivity contribution >= 4 is 16.7 Å². The molecule has 1 atom stereocenters. The second kappa shape index (κ2) is 7.99. The van der Waals surface area contributed by atoms with Gasteiger partial charge in [-0.1, -0.05) is 43.3 Å². The molecule has 4 rings (SSSR count). The molecule has 1 aliphatic heterocycles. The summed E-state index contributed by atoms with van der Waals surface area (Å²) in [6.07, 6.45) is 5.02. The van der Waals surface area contributed by atoms with E-state index >= 15 is 0 Å². The topological polar surface area (TPSA) is 25.4 Å². The SMILES string of the molecule is CCC1CCCCN1c1ccc2cccc(OCc3ccccc3C)c2n1. The highest BCUT2D eigenvalue weighted by Gasteiger charge is 2.22. The minimum atomic E-state index is 0.568. The molecule has 3 aromatic rings. The predicted octanol–water partition coefficient (Wildman–Crippen LogP) is 5.89. The molecule has 1 aromatic heterocycles. The van der Waals surface area contributed by atoms with Gasteiger partial charge in [-0.2, -0.15) is 0 Å². The molecule has 3 heteroatoms. The van der Waals surface area contributed by atoms with Crippen molar-refractivity contribution in [2.24, 2.45) is 0 Å². The molecule has 0 N–H and O–H groups in total. The Bertz CT molecular complexity index is 921. The van der Waals surface area contributed by atoms with E-state index in [2.05, 4.69) is 61.2 Å². The Morgan fingerprint density at radius 2 is 1.93 bits per heavy atom. The number of aryl methyl sites for hydroxylation is 1. The van der Waals surface area contributed by atoms with Gasteiger partial charge >= 0.3 is 0 Å². The summed E-state index contributed by atoms with van der Waals surface area (Å²) in [6, 6.07) is 19.5. The van der Waals surface area contributed by atoms with Crippen LogP contribution in [0, 0.1) is 6.92 Å². The van der Waals surface area contributed by atoms with Crippen LogP contribution in [0.2, 0.25) is 0 Å². The van der Waals surface area contributed by atoms with Gasteiger partial charge in [-0.05, 0) is 61.9 Å². The Morgan fingerprint density at radius 1 is 1.04 bits per heavy atom. The molecule has 0 spiro atoms. The van der Waals surface area contributed by atoms with E-state index in [9.17, 15) is 0 Å². The smallest absolute Gasteiger partial charge is 0.146 e. The maximum atomic E-state index is 6.20. The molecule has 0 saturated carbocycles. The van der Waals surface area contributed by atoms with Crippen molar-refractivity contribution < 1.29 is 4.74 Å².